The van der Waals surface area contributed by atoms with Crippen molar-refractivity contribution in [3.63, 3.8) is 0 Å². The molecule has 0 bridgehead atoms. The molecule has 2 aromatic rings. The summed E-state index contributed by atoms with van der Waals surface area (Å²) in [4.78, 5) is 8.56. The molecule has 0 aliphatic heterocycles. The average Bonchev–Trinajstić information content (AvgIpc) is 2.77. The van der Waals surface area contributed by atoms with Gasteiger partial charge < -0.3 is 0 Å². The number of rotatable bonds is 3. The predicted octanol–water partition coefficient (Wildman–Crippen LogP) is 2.57. The fourth-order valence-electron chi connectivity index (χ4n) is 1.48. The fourth-order valence-corrected chi connectivity index (χ4v) is 1.65. The van der Waals surface area contributed by atoms with Crippen LogP contribution in [-0.2, 0) is 12.3 Å². The highest BCUT2D eigenvalue weighted by atomic mass is 35.5. The number of pyridine rings is 1. The number of aryl methyl sites for hydroxylation is 1. The van der Waals surface area contributed by atoms with Crippen LogP contribution in [0.15, 0.2) is 30.7 Å². The van der Waals surface area contributed by atoms with Crippen LogP contribution in [0.1, 0.15) is 18.3 Å². The Morgan fingerprint density at radius 3 is 2.93 bits per heavy atom. The van der Waals surface area contributed by atoms with Crippen LogP contribution in [-0.4, -0.2) is 14.5 Å². The number of nitrogens with zero attached hydrogens (tertiary/aromatic N) is 3. The van der Waals surface area contributed by atoms with Crippen molar-refractivity contribution < 1.29 is 0 Å². The maximum absolute atomic E-state index is 5.78. The molecule has 0 fully saturated rings. The second kappa shape index (κ2) is 4.45. The van der Waals surface area contributed by atoms with Gasteiger partial charge in [-0.25, -0.2) is 9.97 Å². The van der Waals surface area contributed by atoms with Crippen LogP contribution in [0.3, 0.4) is 0 Å². The molecule has 0 aromatic carbocycles. The number of alkyl halides is 1. The van der Waals surface area contributed by atoms with Gasteiger partial charge in [0, 0.05) is 30.9 Å². The molecule has 0 radical (unpaired) electrons. The summed E-state index contributed by atoms with van der Waals surface area (Å²) in [6.07, 6.45) is 6.36. The van der Waals surface area contributed by atoms with Crippen molar-refractivity contribution in [1.82, 2.24) is 14.5 Å². The van der Waals surface area contributed by atoms with Crippen LogP contribution in [0, 0.1) is 0 Å². The minimum absolute atomic E-state index is 0.506. The summed E-state index contributed by atoms with van der Waals surface area (Å²) in [6.45, 7) is 2.07. The molecular weight excluding hydrogens is 210 g/mol. The topological polar surface area (TPSA) is 30.7 Å². The first-order valence-corrected chi connectivity index (χ1v) is 5.42. The molecule has 2 heterocycles. The molecule has 15 heavy (non-hydrogen) atoms. The highest BCUT2D eigenvalue weighted by molar-refractivity contribution is 6.17. The molecule has 0 aliphatic rings. The first-order chi connectivity index (χ1) is 7.35. The molecule has 78 valence electrons. The first-order valence-electron chi connectivity index (χ1n) is 4.88. The maximum atomic E-state index is 5.78. The number of aromatic nitrogens is 3. The van der Waals surface area contributed by atoms with E-state index in [0.717, 1.165) is 23.6 Å². The van der Waals surface area contributed by atoms with E-state index in [1.165, 1.54) is 0 Å². The Balaban J connectivity index is 2.44. The molecule has 2 rings (SSSR count). The van der Waals surface area contributed by atoms with Gasteiger partial charge in [0.25, 0.3) is 0 Å². The van der Waals surface area contributed by atoms with Crippen molar-refractivity contribution in [2.45, 2.75) is 19.2 Å². The Kier molecular flexibility index (Phi) is 3.02. The van der Waals surface area contributed by atoms with Crippen molar-refractivity contribution in [3.05, 3.63) is 42.1 Å². The van der Waals surface area contributed by atoms with Crippen molar-refractivity contribution in [1.29, 1.82) is 0 Å². The summed E-state index contributed by atoms with van der Waals surface area (Å²) in [5.74, 6) is 2.39. The van der Waals surface area contributed by atoms with E-state index in [1.807, 2.05) is 22.9 Å². The number of imidazole rings is 1. The molecule has 0 unspecified atom stereocenters. The standard InChI is InChI=1S/C11H12ClN3/c1-2-10-14-5-6-15(10)11-7-9(8-12)3-4-13-11/h3-7H,2,8H2,1H3. The van der Waals surface area contributed by atoms with Gasteiger partial charge in [0.05, 0.1) is 0 Å². The quantitative estimate of drug-likeness (QED) is 0.746. The average molecular weight is 222 g/mol. The van der Waals surface area contributed by atoms with E-state index in [1.54, 1.807) is 12.4 Å². The van der Waals surface area contributed by atoms with Crippen molar-refractivity contribution in [2.75, 3.05) is 0 Å². The summed E-state index contributed by atoms with van der Waals surface area (Å²) >= 11 is 5.78. The van der Waals surface area contributed by atoms with Gasteiger partial charge in [-0.1, -0.05) is 6.92 Å². The normalized spacial score (nSPS) is 10.5. The zero-order chi connectivity index (χ0) is 10.7. The maximum Gasteiger partial charge on any atom is 0.138 e. The van der Waals surface area contributed by atoms with Crippen LogP contribution in [0.5, 0.6) is 0 Å². The third-order valence-electron chi connectivity index (χ3n) is 2.24. The van der Waals surface area contributed by atoms with E-state index in [2.05, 4.69) is 16.9 Å². The minimum atomic E-state index is 0.506. The molecule has 3 nitrogen and oxygen atoms in total. The molecule has 0 N–H and O–H groups in total. The third-order valence-corrected chi connectivity index (χ3v) is 2.55. The van der Waals surface area contributed by atoms with Crippen LogP contribution in [0.4, 0.5) is 0 Å². The SMILES string of the molecule is CCc1nccn1-c1cc(CCl)ccn1. The molecule has 0 amide bonds. The summed E-state index contributed by atoms with van der Waals surface area (Å²) in [5.41, 5.74) is 1.07. The monoisotopic (exact) mass is 221 g/mol. The highest BCUT2D eigenvalue weighted by Crippen LogP contribution is 2.11. The van der Waals surface area contributed by atoms with Gasteiger partial charge in [-0.05, 0) is 17.7 Å². The van der Waals surface area contributed by atoms with Gasteiger partial charge in [0.1, 0.15) is 11.6 Å². The van der Waals surface area contributed by atoms with E-state index in [-0.39, 0.29) is 0 Å². The summed E-state index contributed by atoms with van der Waals surface area (Å²) < 4.78 is 1.98. The summed E-state index contributed by atoms with van der Waals surface area (Å²) in [6, 6.07) is 3.90. The molecule has 0 spiro atoms. The first kappa shape index (κ1) is 10.2. The Morgan fingerprint density at radius 1 is 1.33 bits per heavy atom. The Labute approximate surface area is 93.7 Å². The second-order valence-electron chi connectivity index (χ2n) is 3.22. The Morgan fingerprint density at radius 2 is 2.20 bits per heavy atom. The van der Waals surface area contributed by atoms with Gasteiger partial charge in [-0.3, -0.25) is 4.57 Å². The van der Waals surface area contributed by atoms with Gasteiger partial charge in [-0.15, -0.1) is 11.6 Å². The van der Waals surface area contributed by atoms with E-state index in [4.69, 9.17) is 11.6 Å². The Bertz CT molecular complexity index is 451. The lowest BCUT2D eigenvalue weighted by molar-refractivity contribution is 0.866. The molecule has 0 aliphatic carbocycles. The van der Waals surface area contributed by atoms with Crippen LogP contribution in [0.25, 0.3) is 5.82 Å². The minimum Gasteiger partial charge on any atom is -0.288 e. The smallest absolute Gasteiger partial charge is 0.138 e. The van der Waals surface area contributed by atoms with E-state index < -0.39 is 0 Å². The van der Waals surface area contributed by atoms with Crippen LogP contribution < -0.4 is 0 Å². The van der Waals surface area contributed by atoms with Gasteiger partial charge >= 0.3 is 0 Å². The zero-order valence-electron chi connectivity index (χ0n) is 8.52. The lowest BCUT2D eigenvalue weighted by Crippen LogP contribution is -2.01. The number of hydrogen-bond acceptors (Lipinski definition) is 2. The van der Waals surface area contributed by atoms with Gasteiger partial charge in [0.2, 0.25) is 0 Å². The van der Waals surface area contributed by atoms with Crippen molar-refractivity contribution in [3.8, 4) is 5.82 Å². The largest absolute Gasteiger partial charge is 0.288 e. The van der Waals surface area contributed by atoms with Crippen molar-refractivity contribution in [2.24, 2.45) is 0 Å². The van der Waals surface area contributed by atoms with Crippen molar-refractivity contribution >= 4 is 11.6 Å². The summed E-state index contributed by atoms with van der Waals surface area (Å²) in [7, 11) is 0. The molecule has 0 saturated carbocycles. The van der Waals surface area contributed by atoms with E-state index in [9.17, 15) is 0 Å². The van der Waals surface area contributed by atoms with E-state index >= 15 is 0 Å². The fraction of sp³-hybridized carbons (Fsp3) is 0.273. The molecule has 0 atom stereocenters. The molecular formula is C11H12ClN3. The van der Waals surface area contributed by atoms with Gasteiger partial charge in [0.15, 0.2) is 0 Å². The second-order valence-corrected chi connectivity index (χ2v) is 3.49. The zero-order valence-corrected chi connectivity index (χ0v) is 9.28. The molecule has 0 saturated heterocycles. The van der Waals surface area contributed by atoms with Crippen LogP contribution in [0.2, 0.25) is 0 Å². The highest BCUT2D eigenvalue weighted by Gasteiger charge is 2.04. The summed E-state index contributed by atoms with van der Waals surface area (Å²) in [5, 5.41) is 0. The Hall–Kier alpha value is -1.35. The number of halogens is 1. The molecule has 2 aromatic heterocycles. The lowest BCUT2D eigenvalue weighted by atomic mass is 10.3. The van der Waals surface area contributed by atoms with E-state index in [0.29, 0.717) is 5.88 Å². The number of hydrogen-bond donors (Lipinski definition) is 0. The van der Waals surface area contributed by atoms with Gasteiger partial charge in [-0.2, -0.15) is 0 Å². The predicted molar refractivity (Wildman–Crippen MR) is 60.3 cm³/mol. The molecule has 4 heteroatoms. The lowest BCUT2D eigenvalue weighted by Gasteiger charge is -2.06. The van der Waals surface area contributed by atoms with Crippen LogP contribution >= 0.6 is 11.6 Å². The third kappa shape index (κ3) is 2.02.